The molecule has 6 nitrogen and oxygen atoms in total. The van der Waals surface area contributed by atoms with Crippen LogP contribution in [0.5, 0.6) is 0 Å². The van der Waals surface area contributed by atoms with Crippen LogP contribution in [0, 0.1) is 13.8 Å². The van der Waals surface area contributed by atoms with E-state index in [9.17, 15) is 0 Å². The van der Waals surface area contributed by atoms with E-state index in [1.807, 2.05) is 45.0 Å². The fourth-order valence-electron chi connectivity index (χ4n) is 2.75. The van der Waals surface area contributed by atoms with Crippen molar-refractivity contribution in [2.45, 2.75) is 32.7 Å². The summed E-state index contributed by atoms with van der Waals surface area (Å²) in [5, 5.41) is 4.17. The molecule has 0 radical (unpaired) electrons. The maximum absolute atomic E-state index is 5.22. The minimum atomic E-state index is 0.208. The number of aromatic nitrogens is 3. The van der Waals surface area contributed by atoms with Gasteiger partial charge in [-0.05, 0) is 26.7 Å². The first-order chi connectivity index (χ1) is 10.0. The highest BCUT2D eigenvalue weighted by molar-refractivity contribution is 5.46. The average Bonchev–Trinajstić information content (AvgIpc) is 3.06. The van der Waals surface area contributed by atoms with Gasteiger partial charge < -0.3 is 14.3 Å². The van der Waals surface area contributed by atoms with Crippen molar-refractivity contribution in [1.29, 1.82) is 0 Å². The topological polar surface area (TPSA) is 58.3 Å². The molecule has 0 unspecified atom stereocenters. The van der Waals surface area contributed by atoms with Crippen LogP contribution in [-0.2, 0) is 0 Å². The maximum Gasteiger partial charge on any atom is 0.228 e. The Kier molecular flexibility index (Phi) is 3.53. The molecule has 112 valence electrons. The van der Waals surface area contributed by atoms with Gasteiger partial charge in [0.25, 0.3) is 0 Å². The zero-order chi connectivity index (χ0) is 15.0. The van der Waals surface area contributed by atoms with Crippen molar-refractivity contribution in [2.24, 2.45) is 0 Å². The second-order valence-corrected chi connectivity index (χ2v) is 5.78. The predicted octanol–water partition coefficient (Wildman–Crippen LogP) is 2.49. The molecule has 1 atom stereocenters. The molecular formula is C15H21N5O. The van der Waals surface area contributed by atoms with Gasteiger partial charge in [-0.3, -0.25) is 0 Å². The Labute approximate surface area is 124 Å². The Morgan fingerprint density at radius 1 is 1.24 bits per heavy atom. The van der Waals surface area contributed by atoms with Gasteiger partial charge in [-0.1, -0.05) is 5.16 Å². The first-order valence-electron chi connectivity index (χ1n) is 7.27. The fraction of sp³-hybridized carbons (Fsp3) is 0.533. The Balaban J connectivity index is 1.95. The highest BCUT2D eigenvalue weighted by atomic mass is 16.5. The molecule has 2 aromatic heterocycles. The van der Waals surface area contributed by atoms with Gasteiger partial charge >= 0.3 is 0 Å². The van der Waals surface area contributed by atoms with Crippen LogP contribution in [-0.4, -0.2) is 35.8 Å². The summed E-state index contributed by atoms with van der Waals surface area (Å²) < 4.78 is 5.22. The van der Waals surface area contributed by atoms with E-state index in [0.717, 1.165) is 48.3 Å². The van der Waals surface area contributed by atoms with Crippen molar-refractivity contribution >= 4 is 11.8 Å². The average molecular weight is 287 g/mol. The second kappa shape index (κ2) is 5.35. The van der Waals surface area contributed by atoms with Crippen molar-refractivity contribution in [3.63, 3.8) is 0 Å². The van der Waals surface area contributed by atoms with Crippen molar-refractivity contribution in [3.8, 4) is 0 Å². The molecule has 6 heteroatoms. The lowest BCUT2D eigenvalue weighted by molar-refractivity contribution is 0.385. The van der Waals surface area contributed by atoms with Gasteiger partial charge in [0.15, 0.2) is 0 Å². The van der Waals surface area contributed by atoms with Gasteiger partial charge in [-0.15, -0.1) is 0 Å². The molecule has 0 saturated carbocycles. The van der Waals surface area contributed by atoms with E-state index in [1.54, 1.807) is 0 Å². The first-order valence-corrected chi connectivity index (χ1v) is 7.27. The Morgan fingerprint density at radius 3 is 2.71 bits per heavy atom. The quantitative estimate of drug-likeness (QED) is 0.864. The lowest BCUT2D eigenvalue weighted by Crippen LogP contribution is -2.26. The van der Waals surface area contributed by atoms with Gasteiger partial charge in [0.2, 0.25) is 5.95 Å². The summed E-state index contributed by atoms with van der Waals surface area (Å²) in [4.78, 5) is 13.5. The summed E-state index contributed by atoms with van der Waals surface area (Å²) in [5.41, 5.74) is 1.95. The van der Waals surface area contributed by atoms with E-state index in [1.165, 1.54) is 0 Å². The van der Waals surface area contributed by atoms with Crippen molar-refractivity contribution in [1.82, 2.24) is 15.1 Å². The molecule has 0 bridgehead atoms. The molecule has 0 aromatic carbocycles. The standard InChI is InChI=1S/C15H21N5O/c1-10-8-14(19(3)4)17-15(16-10)20-7-5-6-13(20)12-9-11(2)21-18-12/h8-9,13H,5-7H2,1-4H3/t13-/m1/s1. The smallest absolute Gasteiger partial charge is 0.228 e. The molecule has 1 fully saturated rings. The summed E-state index contributed by atoms with van der Waals surface area (Å²) in [6.45, 7) is 4.87. The van der Waals surface area contributed by atoms with Crippen LogP contribution in [0.15, 0.2) is 16.7 Å². The molecule has 3 rings (SSSR count). The van der Waals surface area contributed by atoms with E-state index in [-0.39, 0.29) is 6.04 Å². The van der Waals surface area contributed by atoms with Crippen molar-refractivity contribution in [2.75, 3.05) is 30.4 Å². The number of rotatable bonds is 3. The molecule has 1 aliphatic rings. The van der Waals surface area contributed by atoms with E-state index in [2.05, 4.69) is 20.0 Å². The molecule has 1 saturated heterocycles. The molecule has 0 aliphatic carbocycles. The molecule has 0 spiro atoms. The largest absolute Gasteiger partial charge is 0.363 e. The summed E-state index contributed by atoms with van der Waals surface area (Å²) in [7, 11) is 3.99. The molecule has 2 aromatic rings. The Hall–Kier alpha value is -2.11. The third-order valence-electron chi connectivity index (χ3n) is 3.78. The summed E-state index contributed by atoms with van der Waals surface area (Å²) in [6, 6.07) is 4.21. The minimum Gasteiger partial charge on any atom is -0.363 e. The van der Waals surface area contributed by atoms with Crippen LogP contribution in [0.25, 0.3) is 0 Å². The molecule has 0 N–H and O–H groups in total. The molecule has 3 heterocycles. The Bertz CT molecular complexity index is 637. The van der Waals surface area contributed by atoms with Crippen molar-refractivity contribution in [3.05, 3.63) is 29.3 Å². The number of aryl methyl sites for hydroxylation is 2. The zero-order valence-corrected chi connectivity index (χ0v) is 13.0. The van der Waals surface area contributed by atoms with Gasteiger partial charge in [-0.25, -0.2) is 4.98 Å². The van der Waals surface area contributed by atoms with Gasteiger partial charge in [-0.2, -0.15) is 4.98 Å². The monoisotopic (exact) mass is 287 g/mol. The lowest BCUT2D eigenvalue weighted by Gasteiger charge is -2.24. The molecule has 1 aliphatic heterocycles. The van der Waals surface area contributed by atoms with Crippen LogP contribution in [0.2, 0.25) is 0 Å². The van der Waals surface area contributed by atoms with E-state index in [0.29, 0.717) is 0 Å². The van der Waals surface area contributed by atoms with Crippen LogP contribution in [0.3, 0.4) is 0 Å². The summed E-state index contributed by atoms with van der Waals surface area (Å²) >= 11 is 0. The van der Waals surface area contributed by atoms with E-state index in [4.69, 9.17) is 4.52 Å². The number of hydrogen-bond acceptors (Lipinski definition) is 6. The van der Waals surface area contributed by atoms with Gasteiger partial charge in [0, 0.05) is 38.5 Å². The third kappa shape index (κ3) is 2.70. The second-order valence-electron chi connectivity index (χ2n) is 5.78. The highest BCUT2D eigenvalue weighted by Gasteiger charge is 2.30. The summed E-state index contributed by atoms with van der Waals surface area (Å²) in [6.07, 6.45) is 2.17. The SMILES string of the molecule is Cc1cc(N(C)C)nc(N2CCC[C@@H]2c2cc(C)on2)n1. The predicted molar refractivity (Wildman–Crippen MR) is 81.7 cm³/mol. The first kappa shape index (κ1) is 13.9. The van der Waals surface area contributed by atoms with Crippen LogP contribution < -0.4 is 9.80 Å². The van der Waals surface area contributed by atoms with Gasteiger partial charge in [0.1, 0.15) is 17.3 Å². The molecule has 0 amide bonds. The number of anilines is 2. The normalized spacial score (nSPS) is 18.3. The zero-order valence-electron chi connectivity index (χ0n) is 13.0. The molecule has 21 heavy (non-hydrogen) atoms. The maximum atomic E-state index is 5.22. The van der Waals surface area contributed by atoms with Crippen LogP contribution in [0.4, 0.5) is 11.8 Å². The number of nitrogens with zero attached hydrogens (tertiary/aromatic N) is 5. The van der Waals surface area contributed by atoms with E-state index >= 15 is 0 Å². The Morgan fingerprint density at radius 2 is 2.05 bits per heavy atom. The summed E-state index contributed by atoms with van der Waals surface area (Å²) in [5.74, 6) is 2.55. The van der Waals surface area contributed by atoms with Gasteiger partial charge in [0.05, 0.1) is 6.04 Å². The fourth-order valence-corrected chi connectivity index (χ4v) is 2.75. The third-order valence-corrected chi connectivity index (χ3v) is 3.78. The highest BCUT2D eigenvalue weighted by Crippen LogP contribution is 2.34. The van der Waals surface area contributed by atoms with Crippen LogP contribution >= 0.6 is 0 Å². The number of hydrogen-bond donors (Lipinski definition) is 0. The van der Waals surface area contributed by atoms with E-state index < -0.39 is 0 Å². The minimum absolute atomic E-state index is 0.208. The van der Waals surface area contributed by atoms with Crippen LogP contribution in [0.1, 0.15) is 36.0 Å². The lowest BCUT2D eigenvalue weighted by atomic mass is 10.1. The van der Waals surface area contributed by atoms with Crippen molar-refractivity contribution < 1.29 is 4.52 Å². The molecular weight excluding hydrogens is 266 g/mol.